The topological polar surface area (TPSA) is 51.8 Å². The normalized spacial score (nSPS) is 11.3. The molecule has 0 fully saturated rings. The molecule has 0 spiro atoms. The van der Waals surface area contributed by atoms with Crippen molar-refractivity contribution in [2.75, 3.05) is 0 Å². The van der Waals surface area contributed by atoms with Gasteiger partial charge in [0.2, 0.25) is 0 Å². The molecular formula is C33H16B5N3O. The van der Waals surface area contributed by atoms with Crippen LogP contribution in [-0.2, 0) is 0 Å². The van der Waals surface area contributed by atoms with Crippen molar-refractivity contribution in [1.82, 2.24) is 15.0 Å². The Bertz CT molecular complexity index is 2060. The minimum atomic E-state index is 0.164. The lowest BCUT2D eigenvalue weighted by Gasteiger charge is -2.21. The van der Waals surface area contributed by atoms with E-state index in [1.165, 1.54) is 0 Å². The van der Waals surface area contributed by atoms with Crippen LogP contribution in [0.2, 0.25) is 0 Å². The second-order valence-electron chi connectivity index (χ2n) is 9.98. The molecule has 2 heterocycles. The third-order valence-corrected chi connectivity index (χ3v) is 7.43. The van der Waals surface area contributed by atoms with Crippen LogP contribution in [0.4, 0.5) is 0 Å². The fourth-order valence-electron chi connectivity index (χ4n) is 5.21. The van der Waals surface area contributed by atoms with Crippen molar-refractivity contribution in [3.63, 3.8) is 0 Å². The van der Waals surface area contributed by atoms with Crippen molar-refractivity contribution in [2.45, 2.75) is 0 Å². The van der Waals surface area contributed by atoms with E-state index in [0.29, 0.717) is 39.8 Å². The maximum atomic E-state index is 6.45. The zero-order valence-electron chi connectivity index (χ0n) is 22.4. The molecule has 42 heavy (non-hydrogen) atoms. The zero-order valence-corrected chi connectivity index (χ0v) is 22.4. The Morgan fingerprint density at radius 3 is 1.55 bits per heavy atom. The van der Waals surface area contributed by atoms with Gasteiger partial charge >= 0.3 is 0 Å². The number of rotatable bonds is 4. The van der Waals surface area contributed by atoms with Crippen LogP contribution in [0.1, 0.15) is 0 Å². The van der Waals surface area contributed by atoms with E-state index in [-0.39, 0.29) is 27.3 Å². The van der Waals surface area contributed by atoms with Gasteiger partial charge < -0.3 is 4.42 Å². The highest BCUT2D eigenvalue weighted by atomic mass is 16.3. The van der Waals surface area contributed by atoms with Crippen molar-refractivity contribution in [3.8, 4) is 45.3 Å². The van der Waals surface area contributed by atoms with E-state index in [1.54, 1.807) is 0 Å². The summed E-state index contributed by atoms with van der Waals surface area (Å²) < 4.78 is 6.45. The monoisotopic (exact) mass is 525 g/mol. The minimum Gasteiger partial charge on any atom is -0.455 e. The summed E-state index contributed by atoms with van der Waals surface area (Å²) in [7, 11) is 31.1. The molecular weight excluding hydrogens is 508 g/mol. The summed E-state index contributed by atoms with van der Waals surface area (Å²) in [5.41, 5.74) is 5.99. The van der Waals surface area contributed by atoms with Crippen LogP contribution in [0.3, 0.4) is 0 Å². The van der Waals surface area contributed by atoms with E-state index in [4.69, 9.17) is 58.6 Å². The molecule has 0 bridgehead atoms. The molecule has 2 aromatic heterocycles. The molecule has 7 aromatic rings. The largest absolute Gasteiger partial charge is 0.455 e. The highest BCUT2D eigenvalue weighted by molar-refractivity contribution is 6.68. The summed E-state index contributed by atoms with van der Waals surface area (Å²) in [6, 6.07) is 31.3. The predicted molar refractivity (Wildman–Crippen MR) is 176 cm³/mol. The molecule has 4 nitrogen and oxygen atoms in total. The Hall–Kier alpha value is -4.77. The first-order chi connectivity index (χ1) is 20.4. The minimum absolute atomic E-state index is 0.164. The van der Waals surface area contributed by atoms with Gasteiger partial charge in [0.25, 0.3) is 0 Å². The summed E-state index contributed by atoms with van der Waals surface area (Å²) in [6.45, 7) is 0. The van der Waals surface area contributed by atoms with Crippen molar-refractivity contribution < 1.29 is 4.42 Å². The van der Waals surface area contributed by atoms with Gasteiger partial charge in [0, 0.05) is 33.0 Å². The van der Waals surface area contributed by atoms with Crippen LogP contribution in [0, 0.1) is 0 Å². The molecule has 0 unspecified atom stereocenters. The van der Waals surface area contributed by atoms with Gasteiger partial charge in [-0.1, -0.05) is 95.9 Å². The standard InChI is InChI=1S/C33H16B5N3O/c34-25-24(26(35)28(37)29(38)27(25)36)22-13-7-12-21-20-15-14-19(16-23(20)42-30(21)22)33-40-31(17-8-3-1-4-9-17)39-32(41-33)18-10-5-2-6-11-18/h1-16H. The molecule has 0 atom stereocenters. The summed E-state index contributed by atoms with van der Waals surface area (Å²) in [6.07, 6.45) is 0. The van der Waals surface area contributed by atoms with Gasteiger partial charge in [-0.15, -0.1) is 16.4 Å². The summed E-state index contributed by atoms with van der Waals surface area (Å²) in [4.78, 5) is 14.5. The smallest absolute Gasteiger partial charge is 0.164 e. The van der Waals surface area contributed by atoms with Gasteiger partial charge in [0.05, 0.1) is 0 Å². The number of fused-ring (bicyclic) bond motifs is 3. The molecule has 0 aliphatic heterocycles. The second kappa shape index (κ2) is 10.3. The Morgan fingerprint density at radius 2 is 0.976 bits per heavy atom. The average molecular weight is 525 g/mol. The van der Waals surface area contributed by atoms with Crippen LogP contribution >= 0.6 is 0 Å². The number of aromatic nitrogens is 3. The molecule has 10 radical (unpaired) electrons. The summed E-state index contributed by atoms with van der Waals surface area (Å²) >= 11 is 0. The maximum absolute atomic E-state index is 6.45. The van der Waals surface area contributed by atoms with E-state index in [9.17, 15) is 0 Å². The van der Waals surface area contributed by atoms with Crippen LogP contribution in [0.25, 0.3) is 67.2 Å². The lowest BCUT2D eigenvalue weighted by molar-refractivity contribution is 0.670. The lowest BCUT2D eigenvalue weighted by atomic mass is 9.59. The SMILES string of the molecule is [B]c1c([B])c([B])c(-c2cccc3c2oc2cc(-c4nc(-c5ccccc5)nc(-c5ccccc5)n4)ccc23)c([B])c1[B]. The molecule has 0 saturated heterocycles. The molecule has 5 aromatic carbocycles. The summed E-state index contributed by atoms with van der Waals surface area (Å²) in [5, 5.41) is 1.79. The maximum Gasteiger partial charge on any atom is 0.164 e. The quantitative estimate of drug-likeness (QED) is 0.332. The number of furan rings is 1. The van der Waals surface area contributed by atoms with Gasteiger partial charge in [-0.2, -0.15) is 0 Å². The van der Waals surface area contributed by atoms with E-state index in [1.807, 2.05) is 97.1 Å². The second-order valence-corrected chi connectivity index (χ2v) is 9.98. The highest BCUT2D eigenvalue weighted by Crippen LogP contribution is 2.36. The number of benzene rings is 5. The molecule has 0 saturated carbocycles. The number of hydrogen-bond donors (Lipinski definition) is 0. The van der Waals surface area contributed by atoms with E-state index in [2.05, 4.69) is 0 Å². The Morgan fingerprint density at radius 1 is 0.452 bits per heavy atom. The first kappa shape index (κ1) is 26.2. The third-order valence-electron chi connectivity index (χ3n) is 7.43. The van der Waals surface area contributed by atoms with Crippen LogP contribution in [0.5, 0.6) is 0 Å². The fourth-order valence-corrected chi connectivity index (χ4v) is 5.21. The first-order valence-electron chi connectivity index (χ1n) is 13.2. The first-order valence-corrected chi connectivity index (χ1v) is 13.2. The fraction of sp³-hybridized carbons (Fsp3) is 0. The van der Waals surface area contributed by atoms with Gasteiger partial charge in [0.15, 0.2) is 17.5 Å². The van der Waals surface area contributed by atoms with E-state index in [0.717, 1.165) is 27.5 Å². The third kappa shape index (κ3) is 4.28. The number of nitrogens with zero attached hydrogens (tertiary/aromatic N) is 3. The Labute approximate surface area is 249 Å². The number of para-hydroxylation sites is 1. The van der Waals surface area contributed by atoms with Crippen molar-refractivity contribution >= 4 is 88.5 Å². The molecule has 0 N–H and O–H groups in total. The highest BCUT2D eigenvalue weighted by Gasteiger charge is 2.19. The van der Waals surface area contributed by atoms with Crippen LogP contribution < -0.4 is 27.3 Å². The predicted octanol–water partition coefficient (Wildman–Crippen LogP) is 2.41. The Kier molecular flexibility index (Phi) is 6.39. The molecule has 0 aliphatic rings. The van der Waals surface area contributed by atoms with Crippen molar-refractivity contribution in [3.05, 3.63) is 97.1 Å². The lowest BCUT2D eigenvalue weighted by Crippen LogP contribution is -2.55. The van der Waals surface area contributed by atoms with Crippen LogP contribution in [0.15, 0.2) is 101 Å². The van der Waals surface area contributed by atoms with Crippen LogP contribution in [-0.4, -0.2) is 54.2 Å². The summed E-state index contributed by atoms with van der Waals surface area (Å²) in [5.74, 6) is 1.68. The molecule has 184 valence electrons. The molecule has 0 aliphatic carbocycles. The molecule has 9 heteroatoms. The van der Waals surface area contributed by atoms with E-state index < -0.39 is 0 Å². The van der Waals surface area contributed by atoms with Gasteiger partial charge in [-0.3, -0.25) is 0 Å². The average Bonchev–Trinajstić information content (AvgIpc) is 3.42. The van der Waals surface area contributed by atoms with Gasteiger partial charge in [0.1, 0.15) is 50.4 Å². The van der Waals surface area contributed by atoms with Gasteiger partial charge in [-0.05, 0) is 17.7 Å². The van der Waals surface area contributed by atoms with E-state index >= 15 is 0 Å². The number of hydrogen-bond acceptors (Lipinski definition) is 4. The van der Waals surface area contributed by atoms with Crippen molar-refractivity contribution in [1.29, 1.82) is 0 Å². The van der Waals surface area contributed by atoms with Crippen molar-refractivity contribution in [2.24, 2.45) is 0 Å². The molecule has 7 rings (SSSR count). The van der Waals surface area contributed by atoms with Gasteiger partial charge in [-0.25, -0.2) is 15.0 Å². The zero-order chi connectivity index (χ0) is 29.0. The Balaban J connectivity index is 1.42. The molecule has 0 amide bonds.